The van der Waals surface area contributed by atoms with E-state index in [4.69, 9.17) is 21.3 Å². The first-order valence-corrected chi connectivity index (χ1v) is 11.0. The van der Waals surface area contributed by atoms with Crippen molar-refractivity contribution in [3.05, 3.63) is 95.5 Å². The highest BCUT2D eigenvalue weighted by atomic mass is 35.5. The Bertz CT molecular complexity index is 1280. The number of carbonyl (C=O) groups excluding carboxylic acids is 1. The molecule has 0 radical (unpaired) electrons. The Morgan fingerprint density at radius 3 is 2.67 bits per heavy atom. The first kappa shape index (κ1) is 21.0. The maximum Gasteiger partial charge on any atom is 0.321 e. The summed E-state index contributed by atoms with van der Waals surface area (Å²) in [5.41, 5.74) is 2.20. The first-order chi connectivity index (χ1) is 16.2. The molecule has 3 heterocycles. The van der Waals surface area contributed by atoms with Crippen LogP contribution in [0.3, 0.4) is 0 Å². The van der Waals surface area contributed by atoms with Crippen LogP contribution < -0.4 is 4.74 Å². The minimum absolute atomic E-state index is 0.0696. The molecule has 4 aromatic rings. The fraction of sp³-hybridized carbons (Fsp3) is 0.160. The molecule has 2 aromatic heterocycles. The third-order valence-corrected chi connectivity index (χ3v) is 5.68. The second-order valence-electron chi connectivity index (χ2n) is 7.63. The molecule has 5 rings (SSSR count). The van der Waals surface area contributed by atoms with Gasteiger partial charge in [0, 0.05) is 41.3 Å². The SMILES string of the molecule is O=C(c1cccc(Oc2ncccn2)c1)N1CCC[C@@H]1c1ccnc(-c2cccc(Cl)c2)n1. The number of benzene rings is 2. The van der Waals surface area contributed by atoms with Crippen molar-refractivity contribution in [2.45, 2.75) is 18.9 Å². The Balaban J connectivity index is 1.39. The van der Waals surface area contributed by atoms with Gasteiger partial charge in [0.15, 0.2) is 5.82 Å². The summed E-state index contributed by atoms with van der Waals surface area (Å²) in [5, 5.41) is 0.627. The van der Waals surface area contributed by atoms with E-state index in [0.717, 1.165) is 24.1 Å². The van der Waals surface area contributed by atoms with E-state index in [1.54, 1.807) is 48.9 Å². The standard InChI is InChI=1S/C25H20ClN5O2/c26-19-7-1-5-17(15-19)23-27-13-10-21(30-23)22-9-3-14-31(22)24(32)18-6-2-8-20(16-18)33-25-28-11-4-12-29-25/h1-2,4-8,10-13,15-16,22H,3,9,14H2/t22-/m1/s1. The maximum atomic E-state index is 13.4. The van der Waals surface area contributed by atoms with Crippen molar-refractivity contribution in [2.24, 2.45) is 0 Å². The lowest BCUT2D eigenvalue weighted by Crippen LogP contribution is -2.31. The summed E-state index contributed by atoms with van der Waals surface area (Å²) in [6, 6.07) is 18.2. The van der Waals surface area contributed by atoms with Gasteiger partial charge in [0.25, 0.3) is 5.91 Å². The molecule has 0 aliphatic carbocycles. The Hall–Kier alpha value is -3.84. The van der Waals surface area contributed by atoms with Crippen LogP contribution in [-0.2, 0) is 0 Å². The van der Waals surface area contributed by atoms with E-state index in [0.29, 0.717) is 28.7 Å². The second-order valence-corrected chi connectivity index (χ2v) is 8.07. The largest absolute Gasteiger partial charge is 0.424 e. The van der Waals surface area contributed by atoms with E-state index in [-0.39, 0.29) is 18.0 Å². The Labute approximate surface area is 196 Å². The van der Waals surface area contributed by atoms with E-state index < -0.39 is 0 Å². The lowest BCUT2D eigenvalue weighted by molar-refractivity contribution is 0.0732. The summed E-state index contributed by atoms with van der Waals surface area (Å²) in [6.45, 7) is 0.660. The van der Waals surface area contributed by atoms with Crippen molar-refractivity contribution in [1.29, 1.82) is 0 Å². The van der Waals surface area contributed by atoms with E-state index in [2.05, 4.69) is 15.0 Å². The van der Waals surface area contributed by atoms with Crippen LogP contribution in [0.25, 0.3) is 11.4 Å². The van der Waals surface area contributed by atoms with Crippen LogP contribution in [-0.4, -0.2) is 37.3 Å². The lowest BCUT2D eigenvalue weighted by atomic mass is 10.1. The molecule has 7 nitrogen and oxygen atoms in total. The third kappa shape index (κ3) is 4.68. The van der Waals surface area contributed by atoms with Gasteiger partial charge in [-0.2, -0.15) is 0 Å². The van der Waals surface area contributed by atoms with Crippen LogP contribution >= 0.6 is 11.6 Å². The van der Waals surface area contributed by atoms with Crippen molar-refractivity contribution < 1.29 is 9.53 Å². The summed E-state index contributed by atoms with van der Waals surface area (Å²) in [5.74, 6) is 1.03. The fourth-order valence-corrected chi connectivity index (χ4v) is 4.13. The molecule has 2 aromatic carbocycles. The molecule has 33 heavy (non-hydrogen) atoms. The molecule has 0 bridgehead atoms. The number of ether oxygens (including phenoxy) is 1. The summed E-state index contributed by atoms with van der Waals surface area (Å²) in [7, 11) is 0. The van der Waals surface area contributed by atoms with Gasteiger partial charge in [0.2, 0.25) is 0 Å². The Morgan fingerprint density at radius 2 is 1.82 bits per heavy atom. The quantitative estimate of drug-likeness (QED) is 0.401. The first-order valence-electron chi connectivity index (χ1n) is 10.6. The van der Waals surface area contributed by atoms with Gasteiger partial charge in [-0.3, -0.25) is 4.79 Å². The van der Waals surface area contributed by atoms with Crippen LogP contribution in [0.4, 0.5) is 0 Å². The van der Waals surface area contributed by atoms with Gasteiger partial charge < -0.3 is 9.64 Å². The van der Waals surface area contributed by atoms with Gasteiger partial charge >= 0.3 is 6.01 Å². The van der Waals surface area contributed by atoms with Gasteiger partial charge in [-0.25, -0.2) is 19.9 Å². The van der Waals surface area contributed by atoms with Crippen molar-refractivity contribution in [2.75, 3.05) is 6.54 Å². The zero-order valence-corrected chi connectivity index (χ0v) is 18.4. The summed E-state index contributed by atoms with van der Waals surface area (Å²) in [6.07, 6.45) is 6.68. The normalized spacial score (nSPS) is 15.4. The zero-order chi connectivity index (χ0) is 22.6. The molecular formula is C25H20ClN5O2. The van der Waals surface area contributed by atoms with Crippen LogP contribution in [0.5, 0.6) is 11.8 Å². The van der Waals surface area contributed by atoms with Gasteiger partial charge in [-0.05, 0) is 55.3 Å². The molecule has 164 valence electrons. The second kappa shape index (κ2) is 9.34. The zero-order valence-electron chi connectivity index (χ0n) is 17.6. The Kier molecular flexibility index (Phi) is 5.95. The number of hydrogen-bond donors (Lipinski definition) is 0. The predicted molar refractivity (Wildman–Crippen MR) is 124 cm³/mol. The predicted octanol–water partition coefficient (Wildman–Crippen LogP) is 5.36. The summed E-state index contributed by atoms with van der Waals surface area (Å²) in [4.78, 5) is 32.6. The van der Waals surface area contributed by atoms with Crippen LogP contribution in [0.1, 0.15) is 34.9 Å². The molecule has 1 atom stereocenters. The summed E-state index contributed by atoms with van der Waals surface area (Å²) < 4.78 is 5.69. The number of aromatic nitrogens is 4. The van der Waals surface area contributed by atoms with Gasteiger partial charge in [0.1, 0.15) is 5.75 Å². The van der Waals surface area contributed by atoms with Crippen molar-refractivity contribution in [1.82, 2.24) is 24.8 Å². The number of carbonyl (C=O) groups is 1. The number of nitrogens with zero attached hydrogens (tertiary/aromatic N) is 5. The topological polar surface area (TPSA) is 81.1 Å². The van der Waals surface area contributed by atoms with Crippen LogP contribution in [0.2, 0.25) is 5.02 Å². The highest BCUT2D eigenvalue weighted by Crippen LogP contribution is 2.33. The molecule has 0 saturated carbocycles. The molecular weight excluding hydrogens is 438 g/mol. The highest BCUT2D eigenvalue weighted by Gasteiger charge is 2.32. The highest BCUT2D eigenvalue weighted by molar-refractivity contribution is 6.30. The van der Waals surface area contributed by atoms with Crippen LogP contribution in [0.15, 0.2) is 79.3 Å². The van der Waals surface area contributed by atoms with Crippen molar-refractivity contribution >= 4 is 17.5 Å². The fourth-order valence-electron chi connectivity index (χ4n) is 3.94. The monoisotopic (exact) mass is 457 g/mol. The molecule has 0 N–H and O–H groups in total. The average molecular weight is 458 g/mol. The maximum absolute atomic E-state index is 13.4. The molecule has 0 spiro atoms. The molecule has 1 aliphatic rings. The van der Waals surface area contributed by atoms with Crippen molar-refractivity contribution in [3.8, 4) is 23.1 Å². The molecule has 1 fully saturated rings. The average Bonchev–Trinajstić information content (AvgIpc) is 3.35. The number of halogens is 1. The lowest BCUT2D eigenvalue weighted by Gasteiger charge is -2.24. The smallest absolute Gasteiger partial charge is 0.321 e. The molecule has 1 amide bonds. The van der Waals surface area contributed by atoms with E-state index in [1.807, 2.05) is 35.2 Å². The minimum Gasteiger partial charge on any atom is -0.424 e. The number of hydrogen-bond acceptors (Lipinski definition) is 6. The van der Waals surface area contributed by atoms with Gasteiger partial charge in [-0.1, -0.05) is 29.8 Å². The third-order valence-electron chi connectivity index (χ3n) is 5.45. The number of likely N-dealkylation sites (tertiary alicyclic amines) is 1. The molecule has 1 saturated heterocycles. The minimum atomic E-state index is -0.125. The number of rotatable bonds is 5. The van der Waals surface area contributed by atoms with Crippen LogP contribution in [0, 0.1) is 0 Å². The summed E-state index contributed by atoms with van der Waals surface area (Å²) >= 11 is 6.13. The Morgan fingerprint density at radius 1 is 0.970 bits per heavy atom. The number of amides is 1. The van der Waals surface area contributed by atoms with E-state index in [9.17, 15) is 4.79 Å². The van der Waals surface area contributed by atoms with E-state index in [1.165, 1.54) is 0 Å². The van der Waals surface area contributed by atoms with Crippen molar-refractivity contribution in [3.63, 3.8) is 0 Å². The van der Waals surface area contributed by atoms with Gasteiger partial charge in [-0.15, -0.1) is 0 Å². The molecule has 1 aliphatic heterocycles. The molecule has 0 unspecified atom stereocenters. The van der Waals surface area contributed by atoms with E-state index >= 15 is 0 Å². The van der Waals surface area contributed by atoms with Gasteiger partial charge in [0.05, 0.1) is 11.7 Å². The molecule has 8 heteroatoms.